The number of fused-ring (bicyclic) bond motifs is 1. The second kappa shape index (κ2) is 6.99. The van der Waals surface area contributed by atoms with Crippen LogP contribution in [-0.4, -0.2) is 46.0 Å². The Morgan fingerprint density at radius 3 is 2.26 bits per heavy atom. The van der Waals surface area contributed by atoms with Gasteiger partial charge in [0.2, 0.25) is 5.91 Å². The van der Waals surface area contributed by atoms with E-state index in [1.54, 1.807) is 43.3 Å². The first kappa shape index (κ1) is 18.2. The van der Waals surface area contributed by atoms with Crippen molar-refractivity contribution >= 4 is 23.4 Å². The molecular formula is C19H17N3O5. The molecule has 1 heterocycles. The molecule has 0 aliphatic carbocycles. The van der Waals surface area contributed by atoms with E-state index in [2.05, 4.69) is 0 Å². The highest BCUT2D eigenvalue weighted by atomic mass is 16.6. The first-order chi connectivity index (χ1) is 12.8. The van der Waals surface area contributed by atoms with E-state index in [4.69, 9.17) is 0 Å². The van der Waals surface area contributed by atoms with E-state index in [-0.39, 0.29) is 23.4 Å². The average Bonchev–Trinajstić information content (AvgIpc) is 2.92. The number of benzene rings is 2. The van der Waals surface area contributed by atoms with Gasteiger partial charge in [0.25, 0.3) is 17.5 Å². The maximum atomic E-state index is 12.6. The normalized spacial score (nSPS) is 14.1. The Bertz CT molecular complexity index is 921. The number of carbonyl (C=O) groups excluding carboxylic acids is 3. The van der Waals surface area contributed by atoms with Gasteiger partial charge in [-0.15, -0.1) is 0 Å². The second-order valence-electron chi connectivity index (χ2n) is 6.27. The molecule has 3 amide bonds. The molecule has 1 aliphatic heterocycles. The van der Waals surface area contributed by atoms with Crippen molar-refractivity contribution in [2.24, 2.45) is 0 Å². The van der Waals surface area contributed by atoms with Crippen molar-refractivity contribution in [1.29, 1.82) is 0 Å². The molecule has 138 valence electrons. The minimum Gasteiger partial charge on any atom is -0.337 e. The fraction of sp³-hybridized carbons (Fsp3) is 0.211. The lowest BCUT2D eigenvalue weighted by atomic mass is 10.1. The van der Waals surface area contributed by atoms with Crippen LogP contribution in [0.5, 0.6) is 0 Å². The molecule has 8 nitrogen and oxygen atoms in total. The van der Waals surface area contributed by atoms with Crippen molar-refractivity contribution in [3.05, 3.63) is 75.3 Å². The zero-order valence-corrected chi connectivity index (χ0v) is 14.8. The van der Waals surface area contributed by atoms with Crippen molar-refractivity contribution in [1.82, 2.24) is 9.80 Å². The van der Waals surface area contributed by atoms with E-state index in [0.29, 0.717) is 5.56 Å². The van der Waals surface area contributed by atoms with E-state index in [1.807, 2.05) is 0 Å². The van der Waals surface area contributed by atoms with Crippen LogP contribution in [0.4, 0.5) is 5.69 Å². The first-order valence-electron chi connectivity index (χ1n) is 8.26. The average molecular weight is 367 g/mol. The van der Waals surface area contributed by atoms with Gasteiger partial charge >= 0.3 is 0 Å². The number of rotatable bonds is 5. The maximum Gasteiger partial charge on any atom is 0.269 e. The van der Waals surface area contributed by atoms with E-state index in [9.17, 15) is 24.5 Å². The maximum absolute atomic E-state index is 12.6. The number of likely N-dealkylation sites (N-methyl/N-ethyl adjacent to an activating group) is 1. The molecule has 0 unspecified atom stereocenters. The molecule has 8 heteroatoms. The van der Waals surface area contributed by atoms with Gasteiger partial charge in [-0.3, -0.25) is 29.4 Å². The van der Waals surface area contributed by atoms with E-state index < -0.39 is 28.7 Å². The number of nitrogens with zero attached hydrogens (tertiary/aromatic N) is 3. The van der Waals surface area contributed by atoms with E-state index in [0.717, 1.165) is 4.90 Å². The van der Waals surface area contributed by atoms with Crippen LogP contribution in [0.2, 0.25) is 0 Å². The Morgan fingerprint density at radius 1 is 1.11 bits per heavy atom. The van der Waals surface area contributed by atoms with E-state index in [1.165, 1.54) is 24.1 Å². The lowest BCUT2D eigenvalue weighted by Gasteiger charge is -2.27. The van der Waals surface area contributed by atoms with Gasteiger partial charge in [0, 0.05) is 19.2 Å². The summed E-state index contributed by atoms with van der Waals surface area (Å²) in [5, 5.41) is 10.9. The first-order valence-corrected chi connectivity index (χ1v) is 8.26. The Balaban J connectivity index is 1.75. The predicted octanol–water partition coefficient (Wildman–Crippen LogP) is 2.41. The summed E-state index contributed by atoms with van der Waals surface area (Å²) in [7, 11) is 1.53. The molecule has 0 N–H and O–H groups in total. The number of imide groups is 1. The largest absolute Gasteiger partial charge is 0.337 e. The van der Waals surface area contributed by atoms with Crippen molar-refractivity contribution < 1.29 is 19.3 Å². The zero-order valence-electron chi connectivity index (χ0n) is 14.8. The minimum absolute atomic E-state index is 0.0689. The van der Waals surface area contributed by atoms with Gasteiger partial charge in [-0.1, -0.05) is 24.3 Å². The number of hydrogen-bond acceptors (Lipinski definition) is 5. The van der Waals surface area contributed by atoms with Crippen molar-refractivity contribution in [2.75, 3.05) is 13.6 Å². The monoisotopic (exact) mass is 367 g/mol. The standard InChI is InChI=1S/C19H17N3O5/c1-12(13-6-5-7-14(10-13)22(26)27)20(2)17(23)11-21-18(24)15-8-3-4-9-16(15)19(21)25/h3-10,12H,11H2,1-2H3/t12-/m0/s1. The smallest absolute Gasteiger partial charge is 0.269 e. The van der Waals surface area contributed by atoms with Crippen LogP contribution < -0.4 is 0 Å². The highest BCUT2D eigenvalue weighted by molar-refractivity contribution is 6.22. The van der Waals surface area contributed by atoms with Gasteiger partial charge in [0.15, 0.2) is 0 Å². The van der Waals surface area contributed by atoms with Crippen LogP contribution in [0, 0.1) is 10.1 Å². The van der Waals surface area contributed by atoms with Crippen LogP contribution in [0.25, 0.3) is 0 Å². The van der Waals surface area contributed by atoms with E-state index >= 15 is 0 Å². The highest BCUT2D eigenvalue weighted by Crippen LogP contribution is 2.25. The van der Waals surface area contributed by atoms with Crippen molar-refractivity contribution in [2.45, 2.75) is 13.0 Å². The zero-order chi connectivity index (χ0) is 19.7. The Labute approximate surface area is 155 Å². The molecule has 2 aromatic rings. The third kappa shape index (κ3) is 3.29. The van der Waals surface area contributed by atoms with Gasteiger partial charge in [0.1, 0.15) is 6.54 Å². The topological polar surface area (TPSA) is 101 Å². The summed E-state index contributed by atoms with van der Waals surface area (Å²) in [6.45, 7) is 1.33. The summed E-state index contributed by atoms with van der Waals surface area (Å²) in [6.07, 6.45) is 0. The van der Waals surface area contributed by atoms with Gasteiger partial charge < -0.3 is 4.90 Å². The molecule has 0 saturated carbocycles. The lowest BCUT2D eigenvalue weighted by Crippen LogP contribution is -2.42. The Kier molecular flexibility index (Phi) is 4.72. The Hall–Kier alpha value is -3.55. The molecule has 0 spiro atoms. The molecule has 27 heavy (non-hydrogen) atoms. The third-order valence-corrected chi connectivity index (χ3v) is 4.71. The molecule has 0 saturated heterocycles. The number of carbonyl (C=O) groups is 3. The van der Waals surface area contributed by atoms with Crippen LogP contribution in [-0.2, 0) is 4.79 Å². The van der Waals surface area contributed by atoms with Crippen LogP contribution in [0.1, 0.15) is 39.2 Å². The molecule has 0 fully saturated rings. The molecular weight excluding hydrogens is 350 g/mol. The summed E-state index contributed by atoms with van der Waals surface area (Å²) in [4.78, 5) is 50.1. The quantitative estimate of drug-likeness (QED) is 0.459. The van der Waals surface area contributed by atoms with Gasteiger partial charge in [-0.25, -0.2) is 0 Å². The van der Waals surface area contributed by atoms with Gasteiger partial charge in [-0.05, 0) is 24.6 Å². The number of amides is 3. The molecule has 3 rings (SSSR count). The third-order valence-electron chi connectivity index (χ3n) is 4.71. The highest BCUT2D eigenvalue weighted by Gasteiger charge is 2.37. The SMILES string of the molecule is C[C@@H](c1cccc([N+](=O)[O-])c1)N(C)C(=O)CN1C(=O)c2ccccc2C1=O. The van der Waals surface area contributed by atoms with Crippen LogP contribution >= 0.6 is 0 Å². The second-order valence-corrected chi connectivity index (χ2v) is 6.27. The molecule has 0 aromatic heterocycles. The fourth-order valence-electron chi connectivity index (χ4n) is 2.97. The summed E-state index contributed by atoms with van der Waals surface area (Å²) in [5.41, 5.74) is 1.08. The number of nitro groups is 1. The summed E-state index contributed by atoms with van der Waals surface area (Å²) in [5.74, 6) is -1.44. The Morgan fingerprint density at radius 2 is 1.70 bits per heavy atom. The van der Waals surface area contributed by atoms with Crippen LogP contribution in [0.15, 0.2) is 48.5 Å². The summed E-state index contributed by atoms with van der Waals surface area (Å²) in [6, 6.07) is 12.0. The molecule has 1 atom stereocenters. The molecule has 1 aliphatic rings. The fourth-order valence-corrected chi connectivity index (χ4v) is 2.97. The molecule has 0 radical (unpaired) electrons. The molecule has 2 aromatic carbocycles. The van der Waals surface area contributed by atoms with Crippen LogP contribution in [0.3, 0.4) is 0 Å². The van der Waals surface area contributed by atoms with Crippen molar-refractivity contribution in [3.63, 3.8) is 0 Å². The lowest BCUT2D eigenvalue weighted by molar-refractivity contribution is -0.384. The van der Waals surface area contributed by atoms with Crippen molar-refractivity contribution in [3.8, 4) is 0 Å². The van der Waals surface area contributed by atoms with Gasteiger partial charge in [0.05, 0.1) is 22.1 Å². The number of hydrogen-bond donors (Lipinski definition) is 0. The summed E-state index contributed by atoms with van der Waals surface area (Å²) >= 11 is 0. The predicted molar refractivity (Wildman–Crippen MR) is 96.1 cm³/mol. The number of non-ortho nitro benzene ring substituents is 1. The number of nitro benzene ring substituents is 1. The summed E-state index contributed by atoms with van der Waals surface area (Å²) < 4.78 is 0. The van der Waals surface area contributed by atoms with Gasteiger partial charge in [-0.2, -0.15) is 0 Å². The minimum atomic E-state index is -0.503. The molecule has 0 bridgehead atoms.